The van der Waals surface area contributed by atoms with Gasteiger partial charge in [-0.25, -0.2) is 4.98 Å². The van der Waals surface area contributed by atoms with E-state index >= 15 is 0 Å². The van der Waals surface area contributed by atoms with Gasteiger partial charge in [0, 0.05) is 43.6 Å². The fraction of sp³-hybridized carbons (Fsp3) is 0.206. The number of furan rings is 1. The molecule has 2 aromatic carbocycles. The van der Waals surface area contributed by atoms with E-state index in [0.29, 0.717) is 11.6 Å². The average molecular weight is 720 g/mol. The van der Waals surface area contributed by atoms with Crippen molar-refractivity contribution in [1.29, 1.82) is 0 Å². The summed E-state index contributed by atoms with van der Waals surface area (Å²) >= 11 is 0. The quantitative estimate of drug-likeness (QED) is 0.136. The van der Waals surface area contributed by atoms with Crippen LogP contribution in [0.5, 0.6) is 0 Å². The van der Waals surface area contributed by atoms with Gasteiger partial charge >= 0.3 is 0 Å². The Morgan fingerprint density at radius 1 is 0.825 bits per heavy atom. The van der Waals surface area contributed by atoms with Crippen LogP contribution in [-0.2, 0) is 20.1 Å². The zero-order chi connectivity index (χ0) is 27.6. The van der Waals surface area contributed by atoms with Crippen LogP contribution in [0.15, 0.2) is 89.6 Å². The SMILES string of the molecule is Cc1ccc2c(n1)oc1c[c-]c(-c3cc(C(C)C)c([Si](C)(C)C)cn3)cc12.[Ir].[c-]1ccccc1-c1ccccn1. The molecule has 40 heavy (non-hydrogen) atoms. The average Bonchev–Trinajstić information content (AvgIpc) is 3.30. The topological polar surface area (TPSA) is 51.8 Å². The van der Waals surface area contributed by atoms with Crippen LogP contribution in [0, 0.1) is 19.1 Å². The summed E-state index contributed by atoms with van der Waals surface area (Å²) in [5.74, 6) is 0.471. The van der Waals surface area contributed by atoms with Gasteiger partial charge in [-0.05, 0) is 47.6 Å². The van der Waals surface area contributed by atoms with E-state index < -0.39 is 8.07 Å². The Bertz CT molecular complexity index is 1690. The number of aromatic nitrogens is 3. The van der Waals surface area contributed by atoms with E-state index in [1.807, 2.05) is 61.5 Å². The number of pyridine rings is 3. The number of hydrogen-bond acceptors (Lipinski definition) is 4. The van der Waals surface area contributed by atoms with Gasteiger partial charge in [-0.1, -0.05) is 62.6 Å². The van der Waals surface area contributed by atoms with Crippen molar-refractivity contribution in [3.05, 3.63) is 109 Å². The molecule has 0 saturated heterocycles. The Morgan fingerprint density at radius 3 is 2.30 bits per heavy atom. The first-order chi connectivity index (χ1) is 18.7. The van der Waals surface area contributed by atoms with Crippen LogP contribution in [-0.4, -0.2) is 23.0 Å². The van der Waals surface area contributed by atoms with Crippen LogP contribution in [0.4, 0.5) is 0 Å². The largest absolute Gasteiger partial charge is 0.486 e. The van der Waals surface area contributed by atoms with Gasteiger partial charge in [0.15, 0.2) is 0 Å². The second-order valence-electron chi connectivity index (χ2n) is 11.1. The van der Waals surface area contributed by atoms with Crippen molar-refractivity contribution in [2.24, 2.45) is 0 Å². The molecule has 4 heterocycles. The molecule has 205 valence electrons. The van der Waals surface area contributed by atoms with Gasteiger partial charge in [-0.15, -0.1) is 59.7 Å². The Hall–Kier alpha value is -3.44. The fourth-order valence-corrected chi connectivity index (χ4v) is 6.32. The van der Waals surface area contributed by atoms with Crippen LogP contribution in [0.25, 0.3) is 44.6 Å². The molecule has 0 spiro atoms. The maximum atomic E-state index is 5.89. The summed E-state index contributed by atoms with van der Waals surface area (Å²) in [5, 5.41) is 3.54. The minimum atomic E-state index is -1.44. The van der Waals surface area contributed by atoms with Crippen molar-refractivity contribution >= 4 is 35.3 Å². The molecule has 4 nitrogen and oxygen atoms in total. The third kappa shape index (κ3) is 6.47. The first-order valence-electron chi connectivity index (χ1n) is 13.3. The van der Waals surface area contributed by atoms with Gasteiger partial charge in [0.1, 0.15) is 0 Å². The van der Waals surface area contributed by atoms with Crippen molar-refractivity contribution in [2.75, 3.05) is 0 Å². The molecule has 6 aromatic rings. The van der Waals surface area contributed by atoms with Gasteiger partial charge in [0.2, 0.25) is 5.71 Å². The van der Waals surface area contributed by atoms with Crippen LogP contribution in [0.1, 0.15) is 31.0 Å². The normalized spacial score (nSPS) is 11.3. The minimum Gasteiger partial charge on any atom is -0.486 e. The molecule has 0 aliphatic rings. The number of fused-ring (bicyclic) bond motifs is 3. The molecule has 0 saturated carbocycles. The first-order valence-corrected chi connectivity index (χ1v) is 16.8. The second-order valence-corrected chi connectivity index (χ2v) is 16.1. The molecule has 1 radical (unpaired) electrons. The van der Waals surface area contributed by atoms with Crippen LogP contribution < -0.4 is 5.19 Å². The maximum absolute atomic E-state index is 5.89. The van der Waals surface area contributed by atoms with Gasteiger partial charge in [-0.2, -0.15) is 0 Å². The summed E-state index contributed by atoms with van der Waals surface area (Å²) in [5.41, 5.74) is 7.83. The molecule has 0 aliphatic heterocycles. The molecule has 0 unspecified atom stereocenters. The van der Waals surface area contributed by atoms with Crippen LogP contribution in [0.2, 0.25) is 19.6 Å². The molecule has 0 amide bonds. The maximum Gasteiger partial charge on any atom is 0.216 e. The number of rotatable bonds is 4. The monoisotopic (exact) mass is 720 g/mol. The summed E-state index contributed by atoms with van der Waals surface area (Å²) < 4.78 is 5.89. The Balaban J connectivity index is 0.000000238. The third-order valence-electron chi connectivity index (χ3n) is 6.70. The van der Waals surface area contributed by atoms with Gasteiger partial charge in [0.05, 0.1) is 13.7 Å². The van der Waals surface area contributed by atoms with Crippen molar-refractivity contribution in [2.45, 2.75) is 46.3 Å². The molecule has 0 fully saturated rings. The van der Waals surface area contributed by atoms with Gasteiger partial charge in [0.25, 0.3) is 0 Å². The summed E-state index contributed by atoms with van der Waals surface area (Å²) in [7, 11) is -1.44. The molecular weight excluding hydrogens is 687 g/mol. The summed E-state index contributed by atoms with van der Waals surface area (Å²) in [6.07, 6.45) is 3.88. The summed E-state index contributed by atoms with van der Waals surface area (Å²) in [6.45, 7) is 13.6. The van der Waals surface area contributed by atoms with E-state index in [2.05, 4.69) is 80.0 Å². The zero-order valence-corrected chi connectivity index (χ0v) is 27.1. The Kier molecular flexibility index (Phi) is 9.14. The predicted molar refractivity (Wildman–Crippen MR) is 164 cm³/mol. The minimum absolute atomic E-state index is 0. The van der Waals surface area contributed by atoms with E-state index in [0.717, 1.165) is 44.6 Å². The van der Waals surface area contributed by atoms with Crippen molar-refractivity contribution < 1.29 is 24.5 Å². The van der Waals surface area contributed by atoms with E-state index in [9.17, 15) is 0 Å². The number of nitrogens with zero attached hydrogens (tertiary/aromatic N) is 3. The molecule has 4 aromatic heterocycles. The summed E-state index contributed by atoms with van der Waals surface area (Å²) in [6, 6.07) is 30.6. The molecule has 0 N–H and O–H groups in total. The van der Waals surface area contributed by atoms with Gasteiger partial charge in [-0.3, -0.25) is 0 Å². The molecule has 0 aliphatic carbocycles. The second kappa shape index (κ2) is 12.4. The van der Waals surface area contributed by atoms with E-state index in [1.165, 1.54) is 10.8 Å². The number of benzene rings is 2. The number of aryl methyl sites for hydroxylation is 1. The Labute approximate surface area is 251 Å². The third-order valence-corrected chi connectivity index (χ3v) is 8.73. The standard InChI is InChI=1S/C23H25N2OSi.C11H8N.Ir/c1-14(2)18-12-20(24-13-22(18)27(4,5)6)16-8-10-21-19(11-16)17-9-7-15(3)25-23(17)26-21;1-2-6-10(7-3-1)11-8-4-5-9-12-11;/h7,9-14H,1-6H3;1-6,8-9H;/q2*-1;. The Morgan fingerprint density at radius 2 is 1.62 bits per heavy atom. The van der Waals surface area contributed by atoms with Crippen LogP contribution in [0.3, 0.4) is 0 Å². The van der Waals surface area contributed by atoms with Gasteiger partial charge < -0.3 is 14.4 Å². The molecule has 6 heteroatoms. The summed E-state index contributed by atoms with van der Waals surface area (Å²) in [4.78, 5) is 13.5. The molecular formula is C34H33IrN3OSi-2. The first kappa shape index (κ1) is 29.5. The van der Waals surface area contributed by atoms with E-state index in [1.54, 1.807) is 6.20 Å². The number of hydrogen-bond donors (Lipinski definition) is 0. The smallest absolute Gasteiger partial charge is 0.216 e. The van der Waals surface area contributed by atoms with Crippen molar-refractivity contribution in [3.8, 4) is 22.5 Å². The molecule has 6 rings (SSSR count). The van der Waals surface area contributed by atoms with Crippen LogP contribution >= 0.6 is 0 Å². The molecule has 0 bridgehead atoms. The zero-order valence-electron chi connectivity index (χ0n) is 23.7. The van der Waals surface area contributed by atoms with E-state index in [4.69, 9.17) is 9.40 Å². The fourth-order valence-electron chi connectivity index (χ4n) is 4.64. The van der Waals surface area contributed by atoms with E-state index in [-0.39, 0.29) is 20.1 Å². The van der Waals surface area contributed by atoms with Crippen molar-refractivity contribution in [3.63, 3.8) is 0 Å². The molecule has 0 atom stereocenters. The predicted octanol–water partition coefficient (Wildman–Crippen LogP) is 8.37. The van der Waals surface area contributed by atoms with Crippen molar-refractivity contribution in [1.82, 2.24) is 15.0 Å².